The maximum absolute atomic E-state index is 12.4. The van der Waals surface area contributed by atoms with Crippen LogP contribution < -0.4 is 5.32 Å². The van der Waals surface area contributed by atoms with Crippen LogP contribution in [0.5, 0.6) is 0 Å². The van der Waals surface area contributed by atoms with E-state index in [9.17, 15) is 4.79 Å². The van der Waals surface area contributed by atoms with Gasteiger partial charge in [-0.15, -0.1) is 0 Å². The number of hydrogen-bond acceptors (Lipinski definition) is 4. The third-order valence-electron chi connectivity index (χ3n) is 4.86. The highest BCUT2D eigenvalue weighted by Crippen LogP contribution is 2.19. The van der Waals surface area contributed by atoms with Gasteiger partial charge in [0.25, 0.3) is 5.91 Å². The number of pyridine rings is 1. The van der Waals surface area contributed by atoms with Gasteiger partial charge >= 0.3 is 0 Å². The minimum Gasteiger partial charge on any atom is -0.449 e. The van der Waals surface area contributed by atoms with Crippen molar-refractivity contribution in [2.75, 3.05) is 25.0 Å². The number of carbonyl (C=O) groups is 1. The van der Waals surface area contributed by atoms with E-state index in [1.54, 1.807) is 6.07 Å². The van der Waals surface area contributed by atoms with Crippen LogP contribution in [0.15, 0.2) is 46.9 Å². The van der Waals surface area contributed by atoms with Crippen molar-refractivity contribution in [2.24, 2.45) is 0 Å². The Bertz CT molecular complexity index is 909. The van der Waals surface area contributed by atoms with E-state index in [0.29, 0.717) is 11.1 Å². The molecule has 134 valence electrons. The third kappa shape index (κ3) is 3.78. The number of carbonyl (C=O) groups excluding carboxylic acids is 1. The summed E-state index contributed by atoms with van der Waals surface area (Å²) >= 11 is 0. The fraction of sp³-hybridized carbons (Fsp3) is 0.333. The van der Waals surface area contributed by atoms with Crippen LogP contribution >= 0.6 is 0 Å². The van der Waals surface area contributed by atoms with E-state index in [2.05, 4.69) is 27.3 Å². The number of likely N-dealkylation sites (tertiary alicyclic amines) is 1. The largest absolute Gasteiger partial charge is 0.449 e. The molecule has 2 aromatic heterocycles. The van der Waals surface area contributed by atoms with E-state index in [0.717, 1.165) is 24.3 Å². The predicted molar refractivity (Wildman–Crippen MR) is 103 cm³/mol. The summed E-state index contributed by atoms with van der Waals surface area (Å²) in [6, 6.07) is 13.4. The highest BCUT2D eigenvalue weighted by Gasteiger charge is 2.14. The van der Waals surface area contributed by atoms with Crippen LogP contribution in [0.4, 0.5) is 5.69 Å². The Balaban J connectivity index is 1.38. The van der Waals surface area contributed by atoms with Crippen molar-refractivity contribution in [1.82, 2.24) is 9.88 Å². The summed E-state index contributed by atoms with van der Waals surface area (Å²) in [4.78, 5) is 19.3. The van der Waals surface area contributed by atoms with E-state index >= 15 is 0 Å². The standard InChI is InChI=1S/C21H23N3O2/c1-15-4-9-19-18(22-15)14-20(26-19)21(25)23-17-7-5-16(6-8-17)10-13-24-11-2-3-12-24/h4-9,14H,2-3,10-13H2,1H3,(H,23,25). The van der Waals surface area contributed by atoms with Crippen LogP contribution in [0.1, 0.15) is 34.7 Å². The molecule has 0 saturated carbocycles. The number of benzene rings is 1. The molecule has 4 rings (SSSR count). The summed E-state index contributed by atoms with van der Waals surface area (Å²) in [6.45, 7) is 5.47. The molecule has 0 spiro atoms. The molecule has 0 aliphatic carbocycles. The van der Waals surface area contributed by atoms with Crippen LogP contribution in [-0.4, -0.2) is 35.4 Å². The van der Waals surface area contributed by atoms with Gasteiger partial charge in [0.1, 0.15) is 5.52 Å². The lowest BCUT2D eigenvalue weighted by atomic mass is 10.1. The number of amides is 1. The lowest BCUT2D eigenvalue weighted by molar-refractivity contribution is 0.0998. The molecular formula is C21H23N3O2. The number of furan rings is 1. The Labute approximate surface area is 153 Å². The van der Waals surface area contributed by atoms with Crippen molar-refractivity contribution in [1.29, 1.82) is 0 Å². The van der Waals surface area contributed by atoms with Gasteiger partial charge in [0.15, 0.2) is 11.3 Å². The SMILES string of the molecule is Cc1ccc2oc(C(=O)Nc3ccc(CCN4CCCC4)cc3)cc2n1. The average molecular weight is 349 g/mol. The van der Waals surface area contributed by atoms with Gasteiger partial charge in [-0.3, -0.25) is 4.79 Å². The van der Waals surface area contributed by atoms with E-state index in [1.165, 1.54) is 31.5 Å². The van der Waals surface area contributed by atoms with Gasteiger partial charge in [0.05, 0.1) is 0 Å². The second-order valence-corrected chi connectivity index (χ2v) is 6.90. The fourth-order valence-electron chi connectivity index (χ4n) is 3.38. The second kappa shape index (κ2) is 7.30. The van der Waals surface area contributed by atoms with Crippen molar-refractivity contribution in [3.63, 3.8) is 0 Å². The third-order valence-corrected chi connectivity index (χ3v) is 4.86. The van der Waals surface area contributed by atoms with Crippen molar-refractivity contribution in [2.45, 2.75) is 26.2 Å². The molecule has 3 heterocycles. The normalized spacial score (nSPS) is 14.8. The monoisotopic (exact) mass is 349 g/mol. The first-order valence-corrected chi connectivity index (χ1v) is 9.17. The van der Waals surface area contributed by atoms with Crippen LogP contribution in [0.2, 0.25) is 0 Å². The summed E-state index contributed by atoms with van der Waals surface area (Å²) in [5, 5.41) is 2.89. The minimum atomic E-state index is -0.259. The molecule has 3 aromatic rings. The lowest BCUT2D eigenvalue weighted by Gasteiger charge is -2.14. The number of rotatable bonds is 5. The molecule has 0 unspecified atom stereocenters. The summed E-state index contributed by atoms with van der Waals surface area (Å²) in [7, 11) is 0. The summed E-state index contributed by atoms with van der Waals surface area (Å²) in [5.74, 6) is 0.0154. The molecule has 1 aromatic carbocycles. The van der Waals surface area contributed by atoms with E-state index in [-0.39, 0.29) is 11.7 Å². The Morgan fingerprint density at radius 1 is 1.15 bits per heavy atom. The Morgan fingerprint density at radius 3 is 2.69 bits per heavy atom. The molecule has 5 nitrogen and oxygen atoms in total. The average Bonchev–Trinajstić information content (AvgIpc) is 3.30. The van der Waals surface area contributed by atoms with Gasteiger partial charge in [0.2, 0.25) is 0 Å². The number of hydrogen-bond donors (Lipinski definition) is 1. The molecule has 0 atom stereocenters. The number of nitrogens with zero attached hydrogens (tertiary/aromatic N) is 2. The molecule has 1 aliphatic heterocycles. The zero-order chi connectivity index (χ0) is 17.9. The lowest BCUT2D eigenvalue weighted by Crippen LogP contribution is -2.21. The maximum Gasteiger partial charge on any atom is 0.291 e. The molecule has 1 saturated heterocycles. The maximum atomic E-state index is 12.4. The zero-order valence-electron chi connectivity index (χ0n) is 15.0. The van der Waals surface area contributed by atoms with Crippen LogP contribution in [0, 0.1) is 6.92 Å². The molecular weight excluding hydrogens is 326 g/mol. The van der Waals surface area contributed by atoms with Gasteiger partial charge in [-0.05, 0) is 69.1 Å². The molecule has 26 heavy (non-hydrogen) atoms. The number of fused-ring (bicyclic) bond motifs is 1. The van der Waals surface area contributed by atoms with E-state index < -0.39 is 0 Å². The zero-order valence-corrected chi connectivity index (χ0v) is 15.0. The highest BCUT2D eigenvalue weighted by atomic mass is 16.3. The predicted octanol–water partition coefficient (Wildman–Crippen LogP) is 4.03. The molecule has 1 amide bonds. The van der Waals surface area contributed by atoms with E-state index in [4.69, 9.17) is 4.42 Å². The van der Waals surface area contributed by atoms with Crippen LogP contribution in [-0.2, 0) is 6.42 Å². The molecule has 1 aliphatic rings. The minimum absolute atomic E-state index is 0.259. The van der Waals surface area contributed by atoms with Crippen molar-refractivity contribution >= 4 is 22.7 Å². The fourth-order valence-corrected chi connectivity index (χ4v) is 3.38. The van der Waals surface area contributed by atoms with Gasteiger partial charge in [-0.2, -0.15) is 0 Å². The first-order chi connectivity index (χ1) is 12.7. The van der Waals surface area contributed by atoms with Gasteiger partial charge in [-0.25, -0.2) is 4.98 Å². The van der Waals surface area contributed by atoms with Crippen LogP contribution in [0.25, 0.3) is 11.1 Å². The van der Waals surface area contributed by atoms with Gasteiger partial charge in [-0.1, -0.05) is 12.1 Å². The van der Waals surface area contributed by atoms with Gasteiger partial charge in [0, 0.05) is 24.0 Å². The molecule has 5 heteroatoms. The van der Waals surface area contributed by atoms with Crippen molar-refractivity contribution in [3.8, 4) is 0 Å². The second-order valence-electron chi connectivity index (χ2n) is 6.90. The Hall–Kier alpha value is -2.66. The summed E-state index contributed by atoms with van der Waals surface area (Å²) in [6.07, 6.45) is 3.69. The van der Waals surface area contributed by atoms with Crippen molar-refractivity contribution in [3.05, 3.63) is 59.5 Å². The first-order valence-electron chi connectivity index (χ1n) is 9.17. The molecule has 0 bridgehead atoms. The van der Waals surface area contributed by atoms with Crippen LogP contribution in [0.3, 0.4) is 0 Å². The number of aryl methyl sites for hydroxylation is 1. The first kappa shape index (κ1) is 16.8. The number of aromatic nitrogens is 1. The molecule has 0 radical (unpaired) electrons. The van der Waals surface area contributed by atoms with E-state index in [1.807, 2.05) is 31.2 Å². The highest BCUT2D eigenvalue weighted by molar-refractivity contribution is 6.04. The molecule has 1 fully saturated rings. The molecule has 1 N–H and O–H groups in total. The smallest absolute Gasteiger partial charge is 0.291 e. The van der Waals surface area contributed by atoms with Gasteiger partial charge < -0.3 is 14.6 Å². The topological polar surface area (TPSA) is 58.4 Å². The van der Waals surface area contributed by atoms with Crippen molar-refractivity contribution < 1.29 is 9.21 Å². The Morgan fingerprint density at radius 2 is 1.92 bits per heavy atom. The summed E-state index contributed by atoms with van der Waals surface area (Å²) in [5.41, 5.74) is 4.28. The number of anilines is 1. The quantitative estimate of drug-likeness (QED) is 0.756. The summed E-state index contributed by atoms with van der Waals surface area (Å²) < 4.78 is 5.60. The number of nitrogens with one attached hydrogen (secondary N) is 1. The Kier molecular flexibility index (Phi) is 4.71.